The van der Waals surface area contributed by atoms with Gasteiger partial charge in [-0.15, -0.1) is 0 Å². The first kappa shape index (κ1) is 18.8. The van der Waals surface area contributed by atoms with Crippen molar-refractivity contribution in [1.82, 2.24) is 0 Å². The van der Waals surface area contributed by atoms with E-state index in [1.54, 1.807) is 44.2 Å². The Morgan fingerprint density at radius 2 is 1.88 bits per heavy atom. The van der Waals surface area contributed by atoms with Crippen LogP contribution in [0.3, 0.4) is 0 Å². The van der Waals surface area contributed by atoms with Crippen molar-refractivity contribution in [3.63, 3.8) is 0 Å². The molecule has 0 saturated heterocycles. The Labute approximate surface area is 148 Å². The predicted molar refractivity (Wildman–Crippen MR) is 100.0 cm³/mol. The topological polar surface area (TPSA) is 88.4 Å². The zero-order chi connectivity index (χ0) is 18.4. The molecule has 0 aliphatic rings. The standard InChI is InChI=1S/C18H22N2O4S/c1-4-12-25(22,23)20-17-7-5-6-16(14(17)3)19-18(21)11-10-15-9-8-13(2)24-15/h5-11,20H,4,12H2,1-3H3,(H,19,21). The van der Waals surface area contributed by atoms with Gasteiger partial charge in [0, 0.05) is 11.8 Å². The average Bonchev–Trinajstić information content (AvgIpc) is 2.94. The van der Waals surface area contributed by atoms with Gasteiger partial charge in [-0.25, -0.2) is 8.42 Å². The van der Waals surface area contributed by atoms with E-state index in [4.69, 9.17) is 4.42 Å². The second-order valence-electron chi connectivity index (χ2n) is 5.67. The maximum atomic E-state index is 12.1. The van der Waals surface area contributed by atoms with E-state index in [0.29, 0.717) is 29.1 Å². The molecule has 1 heterocycles. The summed E-state index contributed by atoms with van der Waals surface area (Å²) < 4.78 is 31.8. The third kappa shape index (κ3) is 5.49. The van der Waals surface area contributed by atoms with E-state index < -0.39 is 10.0 Å². The SMILES string of the molecule is CCCS(=O)(=O)Nc1cccc(NC(=O)C=Cc2ccc(C)o2)c1C. The lowest BCUT2D eigenvalue weighted by molar-refractivity contribution is -0.111. The van der Waals surface area contributed by atoms with E-state index in [-0.39, 0.29) is 11.7 Å². The van der Waals surface area contributed by atoms with Crippen LogP contribution in [0, 0.1) is 13.8 Å². The lowest BCUT2D eigenvalue weighted by Crippen LogP contribution is -2.17. The Morgan fingerprint density at radius 1 is 1.16 bits per heavy atom. The fourth-order valence-electron chi connectivity index (χ4n) is 2.24. The molecule has 0 saturated carbocycles. The fourth-order valence-corrected chi connectivity index (χ4v) is 3.44. The van der Waals surface area contributed by atoms with Crippen LogP contribution >= 0.6 is 0 Å². The molecule has 1 aromatic carbocycles. The Kier molecular flexibility index (Phi) is 6.03. The van der Waals surface area contributed by atoms with E-state index in [1.165, 1.54) is 6.08 Å². The number of carbonyl (C=O) groups excluding carboxylic acids is 1. The van der Waals surface area contributed by atoms with Crippen molar-refractivity contribution in [2.24, 2.45) is 0 Å². The quantitative estimate of drug-likeness (QED) is 0.735. The highest BCUT2D eigenvalue weighted by Gasteiger charge is 2.12. The number of benzene rings is 1. The molecule has 0 bridgehead atoms. The number of hydrogen-bond donors (Lipinski definition) is 2. The maximum absolute atomic E-state index is 12.1. The molecule has 0 spiro atoms. The van der Waals surface area contributed by atoms with Crippen LogP contribution in [-0.2, 0) is 14.8 Å². The molecule has 2 N–H and O–H groups in total. The van der Waals surface area contributed by atoms with Crippen molar-refractivity contribution in [3.8, 4) is 0 Å². The molecule has 0 aliphatic heterocycles. The summed E-state index contributed by atoms with van der Waals surface area (Å²) in [5.74, 6) is 1.08. The summed E-state index contributed by atoms with van der Waals surface area (Å²) in [5.41, 5.74) is 1.65. The van der Waals surface area contributed by atoms with Gasteiger partial charge in [0.05, 0.1) is 11.4 Å². The Bertz CT molecular complexity index is 882. The molecule has 0 radical (unpaired) electrons. The van der Waals surface area contributed by atoms with Gasteiger partial charge < -0.3 is 9.73 Å². The van der Waals surface area contributed by atoms with Crippen LogP contribution in [0.1, 0.15) is 30.4 Å². The van der Waals surface area contributed by atoms with E-state index >= 15 is 0 Å². The van der Waals surface area contributed by atoms with Gasteiger partial charge in [0.2, 0.25) is 15.9 Å². The average molecular weight is 362 g/mol. The number of sulfonamides is 1. The summed E-state index contributed by atoms with van der Waals surface area (Å²) in [6.45, 7) is 5.38. The van der Waals surface area contributed by atoms with E-state index in [0.717, 1.165) is 5.76 Å². The molecule has 134 valence electrons. The van der Waals surface area contributed by atoms with Crippen LogP contribution in [-0.4, -0.2) is 20.1 Å². The van der Waals surface area contributed by atoms with Gasteiger partial charge in [0.1, 0.15) is 11.5 Å². The number of amides is 1. The van der Waals surface area contributed by atoms with E-state index in [2.05, 4.69) is 10.0 Å². The number of furan rings is 1. The van der Waals surface area contributed by atoms with Crippen LogP contribution in [0.4, 0.5) is 11.4 Å². The summed E-state index contributed by atoms with van der Waals surface area (Å²) in [7, 11) is -3.39. The number of aryl methyl sites for hydroxylation is 1. The van der Waals surface area contributed by atoms with E-state index in [9.17, 15) is 13.2 Å². The molecule has 1 amide bonds. The minimum absolute atomic E-state index is 0.0499. The molecule has 2 rings (SSSR count). The molecule has 0 fully saturated rings. The number of nitrogens with one attached hydrogen (secondary N) is 2. The minimum atomic E-state index is -3.39. The van der Waals surface area contributed by atoms with Crippen molar-refractivity contribution < 1.29 is 17.6 Å². The normalized spacial score (nSPS) is 11.6. The summed E-state index contributed by atoms with van der Waals surface area (Å²) in [4.78, 5) is 12.1. The number of rotatable bonds is 7. The first-order valence-corrected chi connectivity index (χ1v) is 9.61. The molecular formula is C18H22N2O4S. The lowest BCUT2D eigenvalue weighted by Gasteiger charge is -2.13. The molecular weight excluding hydrogens is 340 g/mol. The first-order chi connectivity index (χ1) is 11.8. The molecule has 2 aromatic rings. The number of anilines is 2. The van der Waals surface area contributed by atoms with Crippen LogP contribution in [0.15, 0.2) is 40.8 Å². The number of hydrogen-bond acceptors (Lipinski definition) is 4. The maximum Gasteiger partial charge on any atom is 0.248 e. The Morgan fingerprint density at radius 3 is 2.52 bits per heavy atom. The van der Waals surface area contributed by atoms with E-state index in [1.807, 2.05) is 13.0 Å². The highest BCUT2D eigenvalue weighted by atomic mass is 32.2. The highest BCUT2D eigenvalue weighted by molar-refractivity contribution is 7.92. The van der Waals surface area contributed by atoms with Crippen LogP contribution in [0.5, 0.6) is 0 Å². The van der Waals surface area contributed by atoms with Crippen molar-refractivity contribution in [1.29, 1.82) is 0 Å². The monoisotopic (exact) mass is 362 g/mol. The third-order valence-corrected chi connectivity index (χ3v) is 4.97. The first-order valence-electron chi connectivity index (χ1n) is 7.96. The zero-order valence-corrected chi connectivity index (χ0v) is 15.3. The van der Waals surface area contributed by atoms with Gasteiger partial charge in [-0.2, -0.15) is 0 Å². The van der Waals surface area contributed by atoms with Gasteiger partial charge in [0.15, 0.2) is 0 Å². The summed E-state index contributed by atoms with van der Waals surface area (Å²) >= 11 is 0. The molecule has 25 heavy (non-hydrogen) atoms. The fraction of sp³-hybridized carbons (Fsp3) is 0.278. The molecule has 6 nitrogen and oxygen atoms in total. The summed E-state index contributed by atoms with van der Waals surface area (Å²) in [6, 6.07) is 8.66. The second-order valence-corrected chi connectivity index (χ2v) is 7.51. The van der Waals surface area contributed by atoms with Gasteiger partial charge in [-0.3, -0.25) is 9.52 Å². The van der Waals surface area contributed by atoms with Gasteiger partial charge >= 0.3 is 0 Å². The van der Waals surface area contributed by atoms with Crippen LogP contribution in [0.25, 0.3) is 6.08 Å². The van der Waals surface area contributed by atoms with Crippen molar-refractivity contribution in [2.45, 2.75) is 27.2 Å². The Balaban J connectivity index is 2.11. The van der Waals surface area contributed by atoms with Gasteiger partial charge in [-0.1, -0.05) is 13.0 Å². The predicted octanol–water partition coefficient (Wildman–Crippen LogP) is 3.70. The van der Waals surface area contributed by atoms with Crippen LogP contribution in [0.2, 0.25) is 0 Å². The Hall–Kier alpha value is -2.54. The van der Waals surface area contributed by atoms with Crippen molar-refractivity contribution in [2.75, 3.05) is 15.8 Å². The van der Waals surface area contributed by atoms with Crippen LogP contribution < -0.4 is 10.0 Å². The second kappa shape index (κ2) is 8.02. The summed E-state index contributed by atoms with van der Waals surface area (Å²) in [6.07, 6.45) is 3.47. The largest absolute Gasteiger partial charge is 0.462 e. The highest BCUT2D eigenvalue weighted by Crippen LogP contribution is 2.24. The minimum Gasteiger partial charge on any atom is -0.462 e. The lowest BCUT2D eigenvalue weighted by atomic mass is 10.1. The zero-order valence-electron chi connectivity index (χ0n) is 14.5. The molecule has 0 unspecified atom stereocenters. The van der Waals surface area contributed by atoms with Gasteiger partial charge in [0.25, 0.3) is 0 Å². The summed E-state index contributed by atoms with van der Waals surface area (Å²) in [5, 5.41) is 2.74. The molecule has 1 aromatic heterocycles. The van der Waals surface area contributed by atoms with Gasteiger partial charge in [-0.05, 0) is 56.2 Å². The molecule has 7 heteroatoms. The van der Waals surface area contributed by atoms with Crippen molar-refractivity contribution in [3.05, 3.63) is 53.5 Å². The molecule has 0 aliphatic carbocycles. The molecule has 0 atom stereocenters. The van der Waals surface area contributed by atoms with Crippen molar-refractivity contribution >= 4 is 33.4 Å². The number of carbonyl (C=O) groups is 1. The smallest absolute Gasteiger partial charge is 0.248 e. The third-order valence-electron chi connectivity index (χ3n) is 3.49.